The lowest BCUT2D eigenvalue weighted by Crippen LogP contribution is -2.26. The molecule has 7 heteroatoms. The minimum atomic E-state index is -0.124. The van der Waals surface area contributed by atoms with Gasteiger partial charge in [-0.3, -0.25) is 9.78 Å². The largest absolute Gasteiger partial charge is 0.493 e. The van der Waals surface area contributed by atoms with Crippen LogP contribution in [0.4, 0.5) is 0 Å². The first kappa shape index (κ1) is 18.3. The average Bonchev–Trinajstić information content (AvgIpc) is 3.28. The number of ether oxygens (including phenoxy) is 3. The third-order valence-electron chi connectivity index (χ3n) is 4.73. The van der Waals surface area contributed by atoms with Gasteiger partial charge in [-0.1, -0.05) is 35.4 Å². The molecular weight excluding hydrogens is 389 g/mol. The summed E-state index contributed by atoms with van der Waals surface area (Å²) in [7, 11) is 1.57. The molecule has 5 nitrogen and oxygen atoms in total. The van der Waals surface area contributed by atoms with Crippen LogP contribution in [0.5, 0.6) is 11.5 Å². The first-order valence-electron chi connectivity index (χ1n) is 8.54. The number of aromatic nitrogens is 1. The minimum Gasteiger partial charge on any atom is -0.493 e. The number of carbonyl (C=O) groups is 1. The van der Waals surface area contributed by atoms with E-state index in [9.17, 15) is 4.79 Å². The van der Waals surface area contributed by atoms with Crippen LogP contribution >= 0.6 is 23.2 Å². The van der Waals surface area contributed by atoms with Gasteiger partial charge in [0, 0.05) is 36.4 Å². The maximum Gasteiger partial charge on any atom is 0.167 e. The van der Waals surface area contributed by atoms with Crippen molar-refractivity contribution in [2.24, 2.45) is 0 Å². The van der Waals surface area contributed by atoms with Gasteiger partial charge < -0.3 is 14.2 Å². The summed E-state index contributed by atoms with van der Waals surface area (Å²) in [6, 6.07) is 5.12. The van der Waals surface area contributed by atoms with Crippen molar-refractivity contribution in [3.05, 3.63) is 63.9 Å². The highest BCUT2D eigenvalue weighted by Crippen LogP contribution is 2.36. The molecule has 2 bridgehead atoms. The molecule has 0 saturated carbocycles. The van der Waals surface area contributed by atoms with Crippen molar-refractivity contribution >= 4 is 29.0 Å². The van der Waals surface area contributed by atoms with E-state index in [4.69, 9.17) is 37.4 Å². The van der Waals surface area contributed by atoms with E-state index in [1.54, 1.807) is 25.3 Å². The van der Waals surface area contributed by atoms with E-state index in [1.807, 2.05) is 12.2 Å². The Bertz CT molecular complexity index is 895. The molecule has 0 amide bonds. The summed E-state index contributed by atoms with van der Waals surface area (Å²) in [4.78, 5) is 16.7. The van der Waals surface area contributed by atoms with Gasteiger partial charge >= 0.3 is 0 Å². The average molecular weight is 406 g/mol. The number of methoxy groups -OCH3 is 1. The SMILES string of the molecule is COc1ccc(C(=O)Cc2c(Cl)cncc2Cl)cc1OC1CC2C=CC1O2. The Morgan fingerprint density at radius 2 is 2.00 bits per heavy atom. The Morgan fingerprint density at radius 3 is 2.63 bits per heavy atom. The summed E-state index contributed by atoms with van der Waals surface area (Å²) in [5.41, 5.74) is 1.05. The van der Waals surface area contributed by atoms with Crippen LogP contribution in [-0.2, 0) is 11.2 Å². The summed E-state index contributed by atoms with van der Waals surface area (Å²) in [5.74, 6) is 0.963. The van der Waals surface area contributed by atoms with Crippen LogP contribution in [0.15, 0.2) is 42.7 Å². The molecule has 0 aliphatic carbocycles. The predicted octanol–water partition coefficient (Wildman–Crippen LogP) is 4.30. The summed E-state index contributed by atoms with van der Waals surface area (Å²) in [5, 5.41) is 0.735. The van der Waals surface area contributed by atoms with E-state index in [0.717, 1.165) is 6.42 Å². The van der Waals surface area contributed by atoms with Gasteiger partial charge in [0.15, 0.2) is 17.3 Å². The molecule has 1 saturated heterocycles. The van der Waals surface area contributed by atoms with E-state index >= 15 is 0 Å². The molecule has 3 atom stereocenters. The maximum atomic E-state index is 12.8. The fourth-order valence-electron chi connectivity index (χ4n) is 3.32. The number of nitrogens with zero attached hydrogens (tertiary/aromatic N) is 1. The van der Waals surface area contributed by atoms with Crippen LogP contribution in [0.1, 0.15) is 22.3 Å². The van der Waals surface area contributed by atoms with Crippen molar-refractivity contribution in [3.8, 4) is 11.5 Å². The van der Waals surface area contributed by atoms with Crippen molar-refractivity contribution in [2.75, 3.05) is 7.11 Å². The third-order valence-corrected chi connectivity index (χ3v) is 5.38. The molecule has 0 spiro atoms. The second kappa shape index (κ2) is 7.50. The van der Waals surface area contributed by atoms with E-state index < -0.39 is 0 Å². The molecule has 1 fully saturated rings. The standard InChI is InChI=1S/C20H17Cl2NO4/c1-25-17-4-2-11(16(24)8-13-14(21)9-23-10-15(13)22)6-19(17)27-20-7-12-3-5-18(20)26-12/h2-6,9-10,12,18,20H,7-8H2,1H3. The van der Waals surface area contributed by atoms with Gasteiger partial charge in [-0.15, -0.1) is 0 Å². The van der Waals surface area contributed by atoms with Gasteiger partial charge in [-0.05, 0) is 18.2 Å². The number of fused-ring (bicyclic) bond motifs is 2. The summed E-state index contributed by atoms with van der Waals surface area (Å²) < 4.78 is 17.2. The lowest BCUT2D eigenvalue weighted by molar-refractivity contribution is 0.0787. The Balaban J connectivity index is 1.56. The number of carbonyl (C=O) groups excluding carboxylic acids is 1. The predicted molar refractivity (Wildman–Crippen MR) is 102 cm³/mol. The molecule has 3 unspecified atom stereocenters. The fourth-order valence-corrected chi connectivity index (χ4v) is 3.82. The van der Waals surface area contributed by atoms with Crippen LogP contribution in [0.25, 0.3) is 0 Å². The molecule has 0 radical (unpaired) electrons. The zero-order valence-corrected chi connectivity index (χ0v) is 16.0. The number of ketones is 1. The van der Waals surface area contributed by atoms with Gasteiger partial charge in [0.2, 0.25) is 0 Å². The Labute approximate surface area is 166 Å². The third kappa shape index (κ3) is 3.68. The zero-order chi connectivity index (χ0) is 19.0. The normalized spacial score (nSPS) is 22.9. The molecule has 4 rings (SSSR count). The molecule has 1 aromatic heterocycles. The second-order valence-electron chi connectivity index (χ2n) is 6.46. The summed E-state index contributed by atoms with van der Waals surface area (Å²) >= 11 is 12.3. The van der Waals surface area contributed by atoms with E-state index in [0.29, 0.717) is 32.7 Å². The van der Waals surface area contributed by atoms with Crippen molar-refractivity contribution in [2.45, 2.75) is 31.2 Å². The maximum absolute atomic E-state index is 12.8. The van der Waals surface area contributed by atoms with Crippen LogP contribution < -0.4 is 9.47 Å². The van der Waals surface area contributed by atoms with Crippen LogP contribution in [0, 0.1) is 0 Å². The number of rotatable bonds is 6. The number of Topliss-reactive ketones (excluding diaryl/α,β-unsaturated/α-hetero) is 1. The van der Waals surface area contributed by atoms with E-state index in [-0.39, 0.29) is 30.5 Å². The number of hydrogen-bond donors (Lipinski definition) is 0. The van der Waals surface area contributed by atoms with Crippen molar-refractivity contribution < 1.29 is 19.0 Å². The Kier molecular flexibility index (Phi) is 5.08. The van der Waals surface area contributed by atoms with Crippen molar-refractivity contribution in [3.63, 3.8) is 0 Å². The highest BCUT2D eigenvalue weighted by Gasteiger charge is 2.38. The first-order chi connectivity index (χ1) is 13.0. The van der Waals surface area contributed by atoms with Crippen LogP contribution in [0.3, 0.4) is 0 Å². The van der Waals surface area contributed by atoms with Gasteiger partial charge in [0.25, 0.3) is 0 Å². The van der Waals surface area contributed by atoms with Crippen molar-refractivity contribution in [1.82, 2.24) is 4.98 Å². The number of hydrogen-bond acceptors (Lipinski definition) is 5. The molecule has 2 aliphatic heterocycles. The second-order valence-corrected chi connectivity index (χ2v) is 7.28. The number of halogens is 2. The lowest BCUT2D eigenvalue weighted by atomic mass is 10.0. The van der Waals surface area contributed by atoms with Gasteiger partial charge in [0.1, 0.15) is 12.2 Å². The summed E-state index contributed by atoms with van der Waals surface area (Å²) in [6.45, 7) is 0. The minimum absolute atomic E-state index is 0.0616. The topological polar surface area (TPSA) is 57.7 Å². The van der Waals surface area contributed by atoms with E-state index in [2.05, 4.69) is 4.98 Å². The number of benzene rings is 1. The fraction of sp³-hybridized carbons (Fsp3) is 0.300. The molecule has 2 aliphatic rings. The van der Waals surface area contributed by atoms with Crippen molar-refractivity contribution in [1.29, 1.82) is 0 Å². The molecule has 27 heavy (non-hydrogen) atoms. The molecule has 140 valence electrons. The molecule has 0 N–H and O–H groups in total. The van der Waals surface area contributed by atoms with Gasteiger partial charge in [-0.2, -0.15) is 0 Å². The highest BCUT2D eigenvalue weighted by molar-refractivity contribution is 6.36. The molecular formula is C20H17Cl2NO4. The van der Waals surface area contributed by atoms with Gasteiger partial charge in [0.05, 0.1) is 23.3 Å². The molecule has 2 aromatic rings. The smallest absolute Gasteiger partial charge is 0.167 e. The van der Waals surface area contributed by atoms with E-state index in [1.165, 1.54) is 12.4 Å². The first-order valence-corrected chi connectivity index (χ1v) is 9.30. The van der Waals surface area contributed by atoms with Crippen LogP contribution in [-0.4, -0.2) is 36.2 Å². The monoisotopic (exact) mass is 405 g/mol. The number of pyridine rings is 1. The quantitative estimate of drug-likeness (QED) is 0.529. The molecule has 3 heterocycles. The van der Waals surface area contributed by atoms with Gasteiger partial charge in [-0.25, -0.2) is 0 Å². The highest BCUT2D eigenvalue weighted by atomic mass is 35.5. The Morgan fingerprint density at radius 1 is 1.22 bits per heavy atom. The summed E-state index contributed by atoms with van der Waals surface area (Å²) in [6.07, 6.45) is 7.81. The molecule has 1 aromatic carbocycles. The lowest BCUT2D eigenvalue weighted by Gasteiger charge is -2.20. The van der Waals surface area contributed by atoms with Crippen LogP contribution in [0.2, 0.25) is 10.0 Å². The Hall–Kier alpha value is -2.08. The zero-order valence-electron chi connectivity index (χ0n) is 14.5.